The second-order valence-corrected chi connectivity index (χ2v) is 10.1. The minimum Gasteiger partial charge on any atom is -0.435 e. The third-order valence-corrected chi connectivity index (χ3v) is 7.06. The number of amides is 1. The molecule has 0 aliphatic carbocycles. The van der Waals surface area contributed by atoms with E-state index in [0.29, 0.717) is 16.7 Å². The van der Waals surface area contributed by atoms with Crippen LogP contribution in [0.2, 0.25) is 0 Å². The highest BCUT2D eigenvalue weighted by molar-refractivity contribution is 6.02. The number of likely N-dealkylation sites (tertiary alicyclic amines) is 1. The summed E-state index contributed by atoms with van der Waals surface area (Å²) in [5.74, 6) is -4.46. The zero-order valence-corrected chi connectivity index (χ0v) is 21.9. The first-order chi connectivity index (χ1) is 19.2. The first kappa shape index (κ1) is 25.9. The molecule has 3 aromatic heterocycles. The van der Waals surface area contributed by atoms with E-state index in [1.165, 1.54) is 6.07 Å². The van der Waals surface area contributed by atoms with Gasteiger partial charge < -0.3 is 29.7 Å². The van der Waals surface area contributed by atoms with Crippen LogP contribution in [-0.4, -0.2) is 87.9 Å². The number of piperazine rings is 1. The molecule has 5 heterocycles. The maximum Gasteiger partial charge on any atom is 0.282 e. The van der Waals surface area contributed by atoms with Gasteiger partial charge in [-0.3, -0.25) is 4.79 Å². The topological polar surface area (TPSA) is 103 Å². The fourth-order valence-corrected chi connectivity index (χ4v) is 4.85. The van der Waals surface area contributed by atoms with Gasteiger partial charge in [0.15, 0.2) is 17.4 Å². The van der Waals surface area contributed by atoms with Crippen LogP contribution in [0.15, 0.2) is 42.9 Å². The predicted molar refractivity (Wildman–Crippen MR) is 143 cm³/mol. The van der Waals surface area contributed by atoms with Crippen LogP contribution in [0.3, 0.4) is 0 Å². The van der Waals surface area contributed by atoms with Crippen LogP contribution in [0, 0.1) is 12.7 Å². The molecular weight excluding hydrogens is 525 g/mol. The number of fused-ring (bicyclic) bond motifs is 1. The number of nitrogens with zero attached hydrogens (tertiary/aromatic N) is 6. The molecule has 208 valence electrons. The standard InChI is InChI=1S/C27H27F3N8O2/c1-16-11-18-19(34-16)4-5-20(23(18)28)40-25-22(26(39)38-13-27(29,30)14-38)24(32-15-33-25)35-21-6-3-17(12-31-21)37-9-7-36(2)8-10-37/h3-6,11-12,15,34H,7-10,13-14H2,1-2H3,(H,31,32,33,35). The van der Waals surface area contributed by atoms with Crippen LogP contribution < -0.4 is 15.0 Å². The highest BCUT2D eigenvalue weighted by atomic mass is 19.3. The van der Waals surface area contributed by atoms with E-state index in [1.54, 1.807) is 31.3 Å². The maximum atomic E-state index is 15.3. The summed E-state index contributed by atoms with van der Waals surface area (Å²) in [4.78, 5) is 34.6. The molecule has 1 amide bonds. The Kier molecular flexibility index (Phi) is 6.45. The lowest BCUT2D eigenvalue weighted by Crippen LogP contribution is -2.58. The molecule has 0 unspecified atom stereocenters. The first-order valence-corrected chi connectivity index (χ1v) is 12.8. The van der Waals surface area contributed by atoms with E-state index in [1.807, 2.05) is 6.07 Å². The van der Waals surface area contributed by atoms with Gasteiger partial charge in [-0.25, -0.2) is 28.1 Å². The lowest BCUT2D eigenvalue weighted by Gasteiger charge is -2.38. The monoisotopic (exact) mass is 552 g/mol. The number of ether oxygens (including phenoxy) is 1. The minimum atomic E-state index is -2.98. The van der Waals surface area contributed by atoms with E-state index >= 15 is 4.39 Å². The Morgan fingerprint density at radius 3 is 2.55 bits per heavy atom. The van der Waals surface area contributed by atoms with E-state index in [-0.39, 0.29) is 23.0 Å². The Balaban J connectivity index is 1.31. The number of hydrogen-bond acceptors (Lipinski definition) is 8. The number of rotatable bonds is 6. The fourth-order valence-electron chi connectivity index (χ4n) is 4.85. The van der Waals surface area contributed by atoms with Crippen LogP contribution in [-0.2, 0) is 0 Å². The summed E-state index contributed by atoms with van der Waals surface area (Å²) in [5, 5.41) is 3.29. The molecule has 0 saturated carbocycles. The number of nitrogens with one attached hydrogen (secondary N) is 2. The molecule has 2 aliphatic heterocycles. The number of aromatic amines is 1. The highest BCUT2D eigenvalue weighted by Gasteiger charge is 2.47. The Bertz CT molecular complexity index is 1560. The summed E-state index contributed by atoms with van der Waals surface area (Å²) < 4.78 is 48.3. The summed E-state index contributed by atoms with van der Waals surface area (Å²) >= 11 is 0. The number of aryl methyl sites for hydroxylation is 1. The van der Waals surface area contributed by atoms with Gasteiger partial charge in [0.1, 0.15) is 17.7 Å². The van der Waals surface area contributed by atoms with Crippen LogP contribution in [0.1, 0.15) is 16.1 Å². The van der Waals surface area contributed by atoms with Crippen LogP contribution in [0.25, 0.3) is 10.9 Å². The van der Waals surface area contributed by atoms with Gasteiger partial charge in [-0.2, -0.15) is 0 Å². The minimum absolute atomic E-state index is 0.00374. The van der Waals surface area contributed by atoms with Gasteiger partial charge in [0, 0.05) is 42.8 Å². The van der Waals surface area contributed by atoms with Crippen LogP contribution in [0.5, 0.6) is 11.6 Å². The number of pyridine rings is 1. The molecule has 0 spiro atoms. The summed E-state index contributed by atoms with van der Waals surface area (Å²) in [7, 11) is 2.08. The van der Waals surface area contributed by atoms with Gasteiger partial charge in [-0.05, 0) is 44.3 Å². The van der Waals surface area contributed by atoms with Gasteiger partial charge in [0.05, 0.1) is 25.0 Å². The molecule has 0 bridgehead atoms. The van der Waals surface area contributed by atoms with E-state index in [2.05, 4.69) is 42.1 Å². The SMILES string of the molecule is Cc1cc2c(F)c(Oc3ncnc(Nc4ccc(N5CCN(C)CC5)cn4)c3C(=O)N3CC(F)(F)C3)ccc2[nH]1. The van der Waals surface area contributed by atoms with Gasteiger partial charge in [0.25, 0.3) is 11.8 Å². The number of anilines is 3. The molecule has 13 heteroatoms. The van der Waals surface area contributed by atoms with Crippen LogP contribution in [0.4, 0.5) is 30.5 Å². The van der Waals surface area contributed by atoms with Gasteiger partial charge in [-0.1, -0.05) is 0 Å². The zero-order valence-electron chi connectivity index (χ0n) is 21.9. The number of halogens is 3. The first-order valence-electron chi connectivity index (χ1n) is 12.8. The average molecular weight is 553 g/mol. The number of benzene rings is 1. The summed E-state index contributed by atoms with van der Waals surface area (Å²) in [5.41, 5.74) is 2.10. The molecule has 6 rings (SSSR count). The third kappa shape index (κ3) is 4.99. The maximum absolute atomic E-state index is 15.3. The molecule has 4 aromatic rings. The van der Waals surface area contributed by atoms with E-state index in [0.717, 1.165) is 48.8 Å². The molecule has 2 N–H and O–H groups in total. The number of carbonyl (C=O) groups excluding carboxylic acids is 1. The van der Waals surface area contributed by atoms with Crippen molar-refractivity contribution in [3.8, 4) is 11.6 Å². The fraction of sp³-hybridized carbons (Fsp3) is 0.333. The number of aromatic nitrogens is 4. The zero-order chi connectivity index (χ0) is 28.0. The second-order valence-electron chi connectivity index (χ2n) is 10.1. The smallest absolute Gasteiger partial charge is 0.282 e. The molecule has 10 nitrogen and oxygen atoms in total. The summed E-state index contributed by atoms with van der Waals surface area (Å²) in [6.45, 7) is 3.95. The van der Waals surface area contributed by atoms with Crippen molar-refractivity contribution in [2.75, 3.05) is 56.5 Å². The van der Waals surface area contributed by atoms with Crippen molar-refractivity contribution in [3.63, 3.8) is 0 Å². The summed E-state index contributed by atoms with van der Waals surface area (Å²) in [6.07, 6.45) is 2.86. The van der Waals surface area contributed by atoms with Crippen molar-refractivity contribution in [1.82, 2.24) is 29.7 Å². The van der Waals surface area contributed by atoms with E-state index < -0.39 is 30.7 Å². The number of H-pyrrole nitrogens is 1. The normalized spacial score (nSPS) is 17.1. The van der Waals surface area contributed by atoms with Gasteiger partial charge in [0.2, 0.25) is 5.88 Å². The molecule has 2 fully saturated rings. The Morgan fingerprint density at radius 2 is 1.85 bits per heavy atom. The molecule has 2 aliphatic rings. The lowest BCUT2D eigenvalue weighted by molar-refractivity contribution is -0.113. The van der Waals surface area contributed by atoms with Crippen molar-refractivity contribution < 1.29 is 22.7 Å². The van der Waals surface area contributed by atoms with Crippen molar-refractivity contribution in [2.45, 2.75) is 12.8 Å². The van der Waals surface area contributed by atoms with Gasteiger partial charge >= 0.3 is 0 Å². The number of hydrogen-bond donors (Lipinski definition) is 2. The number of alkyl halides is 2. The molecular formula is C27H27F3N8O2. The van der Waals surface area contributed by atoms with Crippen molar-refractivity contribution in [1.29, 1.82) is 0 Å². The predicted octanol–water partition coefficient (Wildman–Crippen LogP) is 4.18. The molecule has 0 atom stereocenters. The van der Waals surface area contributed by atoms with Crippen molar-refractivity contribution in [3.05, 3.63) is 59.9 Å². The number of likely N-dealkylation sites (N-methyl/N-ethyl adjacent to an activating group) is 1. The van der Waals surface area contributed by atoms with Crippen molar-refractivity contribution in [2.24, 2.45) is 0 Å². The molecule has 0 radical (unpaired) electrons. The average Bonchev–Trinajstić information content (AvgIpc) is 3.31. The lowest BCUT2D eigenvalue weighted by atomic mass is 10.1. The second kappa shape index (κ2) is 9.97. The van der Waals surface area contributed by atoms with E-state index in [9.17, 15) is 13.6 Å². The van der Waals surface area contributed by atoms with Gasteiger partial charge in [-0.15, -0.1) is 0 Å². The molecule has 2 saturated heterocycles. The third-order valence-electron chi connectivity index (χ3n) is 7.06. The Labute approximate surface area is 227 Å². The summed E-state index contributed by atoms with van der Waals surface area (Å²) in [6, 6.07) is 8.33. The Morgan fingerprint density at radius 1 is 1.07 bits per heavy atom. The highest BCUT2D eigenvalue weighted by Crippen LogP contribution is 2.36. The quantitative estimate of drug-likeness (QED) is 0.368. The van der Waals surface area contributed by atoms with Crippen molar-refractivity contribution >= 4 is 34.1 Å². The molecule has 40 heavy (non-hydrogen) atoms. The number of carbonyl (C=O) groups is 1. The van der Waals surface area contributed by atoms with E-state index in [4.69, 9.17) is 4.74 Å². The largest absolute Gasteiger partial charge is 0.435 e. The molecule has 1 aromatic carbocycles. The Hall–Kier alpha value is -4.39. The van der Waals surface area contributed by atoms with Crippen LogP contribution >= 0.6 is 0 Å².